The standard InChI is InChI=1S/C28H37N3O/c1-3-5-7-8-9-10-12-23-13-18-27(29-20-23)28-30-21-25(22-31-28)24-14-16-26(17-15-24)32-19-11-6-4-2/h13-18,20-22H,3-12,19H2,1-2H3. The maximum atomic E-state index is 5.79. The van der Waals surface area contributed by atoms with Gasteiger partial charge in [-0.15, -0.1) is 0 Å². The van der Waals surface area contributed by atoms with Crippen LogP contribution in [0, 0.1) is 0 Å². The van der Waals surface area contributed by atoms with Gasteiger partial charge in [-0.25, -0.2) is 9.97 Å². The first kappa shape index (κ1) is 23.9. The summed E-state index contributed by atoms with van der Waals surface area (Å²) in [7, 11) is 0. The Hall–Kier alpha value is -2.75. The second-order valence-corrected chi connectivity index (χ2v) is 8.44. The fourth-order valence-electron chi connectivity index (χ4n) is 3.71. The predicted octanol–water partition coefficient (Wildman–Crippen LogP) is 7.68. The highest BCUT2D eigenvalue weighted by molar-refractivity contribution is 5.63. The summed E-state index contributed by atoms with van der Waals surface area (Å²) >= 11 is 0. The summed E-state index contributed by atoms with van der Waals surface area (Å²) in [6, 6.07) is 12.3. The molecule has 0 aliphatic rings. The lowest BCUT2D eigenvalue weighted by atomic mass is 10.1. The number of rotatable bonds is 14. The van der Waals surface area contributed by atoms with Gasteiger partial charge in [-0.3, -0.25) is 4.98 Å². The van der Waals surface area contributed by atoms with Crippen LogP contribution in [-0.2, 0) is 6.42 Å². The van der Waals surface area contributed by atoms with E-state index in [0.717, 1.165) is 42.0 Å². The van der Waals surface area contributed by atoms with Gasteiger partial charge in [0.25, 0.3) is 0 Å². The largest absolute Gasteiger partial charge is 0.494 e. The number of unbranched alkanes of at least 4 members (excludes halogenated alkanes) is 7. The molecule has 3 rings (SSSR count). The summed E-state index contributed by atoms with van der Waals surface area (Å²) in [4.78, 5) is 13.7. The summed E-state index contributed by atoms with van der Waals surface area (Å²) in [5.41, 5.74) is 4.18. The lowest BCUT2D eigenvalue weighted by molar-refractivity contribution is 0.306. The van der Waals surface area contributed by atoms with Gasteiger partial charge in [0.05, 0.1) is 6.61 Å². The Morgan fingerprint density at radius 1 is 0.625 bits per heavy atom. The number of hydrogen-bond donors (Lipinski definition) is 0. The minimum absolute atomic E-state index is 0.663. The van der Waals surface area contributed by atoms with E-state index in [0.29, 0.717) is 5.82 Å². The van der Waals surface area contributed by atoms with Gasteiger partial charge < -0.3 is 4.74 Å². The molecular weight excluding hydrogens is 394 g/mol. The third-order valence-electron chi connectivity index (χ3n) is 5.73. The lowest BCUT2D eigenvalue weighted by Crippen LogP contribution is -1.97. The number of nitrogens with zero attached hydrogens (tertiary/aromatic N) is 3. The third-order valence-corrected chi connectivity index (χ3v) is 5.73. The van der Waals surface area contributed by atoms with Crippen molar-refractivity contribution in [2.24, 2.45) is 0 Å². The number of pyridine rings is 1. The molecular formula is C28H37N3O. The molecule has 0 amide bonds. The van der Waals surface area contributed by atoms with Crippen LogP contribution in [-0.4, -0.2) is 21.6 Å². The molecule has 0 aliphatic heterocycles. The Bertz CT molecular complexity index is 889. The molecule has 2 heterocycles. The molecule has 0 aliphatic carbocycles. The quantitative estimate of drug-likeness (QED) is 0.246. The molecule has 0 saturated carbocycles. The molecule has 0 fully saturated rings. The highest BCUT2D eigenvalue weighted by Gasteiger charge is 2.06. The van der Waals surface area contributed by atoms with E-state index >= 15 is 0 Å². The Kier molecular flexibility index (Phi) is 10.2. The monoisotopic (exact) mass is 431 g/mol. The van der Waals surface area contributed by atoms with Crippen LogP contribution in [0.1, 0.15) is 77.2 Å². The lowest BCUT2D eigenvalue weighted by Gasteiger charge is -2.07. The van der Waals surface area contributed by atoms with Crippen molar-refractivity contribution < 1.29 is 4.74 Å². The van der Waals surface area contributed by atoms with Gasteiger partial charge in [-0.2, -0.15) is 0 Å². The van der Waals surface area contributed by atoms with Crippen molar-refractivity contribution in [2.75, 3.05) is 6.61 Å². The normalized spacial score (nSPS) is 10.9. The first-order valence-electron chi connectivity index (χ1n) is 12.3. The fourth-order valence-corrected chi connectivity index (χ4v) is 3.71. The van der Waals surface area contributed by atoms with Crippen molar-refractivity contribution in [3.63, 3.8) is 0 Å². The third kappa shape index (κ3) is 7.74. The smallest absolute Gasteiger partial charge is 0.178 e. The average Bonchev–Trinajstić information content (AvgIpc) is 2.85. The maximum absolute atomic E-state index is 5.79. The van der Waals surface area contributed by atoms with Crippen molar-refractivity contribution in [1.82, 2.24) is 15.0 Å². The molecule has 1 aromatic carbocycles. The molecule has 170 valence electrons. The molecule has 2 aromatic heterocycles. The van der Waals surface area contributed by atoms with Gasteiger partial charge in [0.1, 0.15) is 11.4 Å². The van der Waals surface area contributed by atoms with Crippen LogP contribution in [0.5, 0.6) is 5.75 Å². The summed E-state index contributed by atoms with van der Waals surface area (Å²) in [5.74, 6) is 1.57. The molecule has 3 aromatic rings. The molecule has 0 radical (unpaired) electrons. The SMILES string of the molecule is CCCCCCCCc1ccc(-c2ncc(-c3ccc(OCCCCC)cc3)cn2)nc1. The molecule has 0 spiro atoms. The Morgan fingerprint density at radius 2 is 1.31 bits per heavy atom. The summed E-state index contributed by atoms with van der Waals surface area (Å²) in [6.07, 6.45) is 18.2. The van der Waals surface area contributed by atoms with Crippen molar-refractivity contribution in [2.45, 2.75) is 78.1 Å². The van der Waals surface area contributed by atoms with E-state index in [1.165, 1.54) is 56.9 Å². The number of benzene rings is 1. The molecule has 4 nitrogen and oxygen atoms in total. The van der Waals surface area contributed by atoms with Crippen LogP contribution < -0.4 is 4.74 Å². The van der Waals surface area contributed by atoms with Crippen LogP contribution >= 0.6 is 0 Å². The van der Waals surface area contributed by atoms with Crippen LogP contribution in [0.15, 0.2) is 55.0 Å². The minimum atomic E-state index is 0.663. The second kappa shape index (κ2) is 13.6. The number of hydrogen-bond acceptors (Lipinski definition) is 4. The van der Waals surface area contributed by atoms with Gasteiger partial charge in [0.15, 0.2) is 5.82 Å². The first-order chi connectivity index (χ1) is 15.8. The highest BCUT2D eigenvalue weighted by Crippen LogP contribution is 2.23. The topological polar surface area (TPSA) is 47.9 Å². The van der Waals surface area contributed by atoms with Crippen LogP contribution in [0.4, 0.5) is 0 Å². The molecule has 0 N–H and O–H groups in total. The zero-order valence-corrected chi connectivity index (χ0v) is 19.7. The molecule has 32 heavy (non-hydrogen) atoms. The van der Waals surface area contributed by atoms with Crippen molar-refractivity contribution in [3.05, 3.63) is 60.6 Å². The van der Waals surface area contributed by atoms with E-state index < -0.39 is 0 Å². The fraction of sp³-hybridized carbons (Fsp3) is 0.464. The van der Waals surface area contributed by atoms with Crippen molar-refractivity contribution in [3.8, 4) is 28.4 Å². The maximum Gasteiger partial charge on any atom is 0.178 e. The van der Waals surface area contributed by atoms with Crippen molar-refractivity contribution >= 4 is 0 Å². The Balaban J connectivity index is 1.50. The van der Waals surface area contributed by atoms with E-state index in [1.807, 2.05) is 36.8 Å². The van der Waals surface area contributed by atoms with Crippen molar-refractivity contribution in [1.29, 1.82) is 0 Å². The molecule has 0 bridgehead atoms. The summed E-state index contributed by atoms with van der Waals surface area (Å²) in [5, 5.41) is 0. The van der Waals surface area contributed by atoms with Crippen LogP contribution in [0.2, 0.25) is 0 Å². The van der Waals surface area contributed by atoms with E-state index in [2.05, 4.69) is 47.0 Å². The van der Waals surface area contributed by atoms with Gasteiger partial charge >= 0.3 is 0 Å². The molecule has 0 saturated heterocycles. The highest BCUT2D eigenvalue weighted by atomic mass is 16.5. The van der Waals surface area contributed by atoms with Gasteiger partial charge in [0.2, 0.25) is 0 Å². The van der Waals surface area contributed by atoms with Gasteiger partial charge in [-0.05, 0) is 48.6 Å². The zero-order valence-electron chi connectivity index (χ0n) is 19.7. The summed E-state index contributed by atoms with van der Waals surface area (Å²) in [6.45, 7) is 5.23. The van der Waals surface area contributed by atoms with E-state index in [9.17, 15) is 0 Å². The average molecular weight is 432 g/mol. The summed E-state index contributed by atoms with van der Waals surface area (Å²) < 4.78 is 5.79. The van der Waals surface area contributed by atoms with Crippen LogP contribution in [0.25, 0.3) is 22.6 Å². The van der Waals surface area contributed by atoms with Gasteiger partial charge in [0, 0.05) is 24.2 Å². The Morgan fingerprint density at radius 3 is 2.00 bits per heavy atom. The van der Waals surface area contributed by atoms with E-state index in [-0.39, 0.29) is 0 Å². The molecule has 4 heteroatoms. The minimum Gasteiger partial charge on any atom is -0.494 e. The van der Waals surface area contributed by atoms with Gasteiger partial charge in [-0.1, -0.05) is 77.0 Å². The van der Waals surface area contributed by atoms with E-state index in [4.69, 9.17) is 4.74 Å². The second-order valence-electron chi connectivity index (χ2n) is 8.44. The number of ether oxygens (including phenoxy) is 1. The molecule has 0 atom stereocenters. The zero-order chi connectivity index (χ0) is 22.4. The molecule has 0 unspecified atom stereocenters. The van der Waals surface area contributed by atoms with E-state index in [1.54, 1.807) is 0 Å². The number of aryl methyl sites for hydroxylation is 1. The van der Waals surface area contributed by atoms with Crippen LogP contribution in [0.3, 0.4) is 0 Å². The predicted molar refractivity (Wildman–Crippen MR) is 133 cm³/mol. The first-order valence-corrected chi connectivity index (χ1v) is 12.3. The number of aromatic nitrogens is 3. The Labute approximate surface area is 193 Å².